The van der Waals surface area contributed by atoms with Gasteiger partial charge in [-0.3, -0.25) is 0 Å². The summed E-state index contributed by atoms with van der Waals surface area (Å²) in [4.78, 5) is 4.26. The predicted molar refractivity (Wildman–Crippen MR) is 139 cm³/mol. The molecule has 0 aliphatic rings. The first kappa shape index (κ1) is 20.4. The van der Waals surface area contributed by atoms with Crippen LogP contribution >= 0.6 is 0 Å². The standard InChI is InChI=1S/C31H18N4/c32-19-21-14-15-31-28(17-21)27-11-3-4-13-30(27)35(31)23-8-5-7-22(18-23)24-9-1-2-10-25(24)26-12-6-16-34-29(26)20-33/h1-18H. The summed E-state index contributed by atoms with van der Waals surface area (Å²) in [5.74, 6) is 0. The molecule has 2 aromatic heterocycles. The molecule has 0 N–H and O–H groups in total. The van der Waals surface area contributed by atoms with Crippen molar-refractivity contribution in [1.82, 2.24) is 9.55 Å². The van der Waals surface area contributed by atoms with E-state index in [1.165, 1.54) is 0 Å². The number of hydrogen-bond acceptors (Lipinski definition) is 3. The van der Waals surface area contributed by atoms with Crippen LogP contribution < -0.4 is 0 Å². The number of nitriles is 2. The monoisotopic (exact) mass is 446 g/mol. The summed E-state index contributed by atoms with van der Waals surface area (Å²) in [6, 6.07) is 38.9. The molecule has 0 aliphatic heterocycles. The minimum atomic E-state index is 0.409. The van der Waals surface area contributed by atoms with Crippen LogP contribution in [0.2, 0.25) is 0 Å². The molecule has 0 saturated carbocycles. The van der Waals surface area contributed by atoms with E-state index in [0.29, 0.717) is 11.3 Å². The molecule has 0 aliphatic carbocycles. The van der Waals surface area contributed by atoms with E-state index in [4.69, 9.17) is 0 Å². The maximum Gasteiger partial charge on any atom is 0.148 e. The van der Waals surface area contributed by atoms with Crippen LogP contribution in [0.15, 0.2) is 109 Å². The summed E-state index contributed by atoms with van der Waals surface area (Å²) in [7, 11) is 0. The van der Waals surface area contributed by atoms with Gasteiger partial charge in [0.25, 0.3) is 0 Å². The molecular formula is C31H18N4. The van der Waals surface area contributed by atoms with Gasteiger partial charge in [0.2, 0.25) is 0 Å². The highest BCUT2D eigenvalue weighted by atomic mass is 15.0. The number of rotatable bonds is 3. The van der Waals surface area contributed by atoms with Crippen molar-refractivity contribution in [2.45, 2.75) is 0 Å². The maximum absolute atomic E-state index is 9.61. The van der Waals surface area contributed by atoms with Crippen LogP contribution in [0.5, 0.6) is 0 Å². The number of aromatic nitrogens is 2. The summed E-state index contributed by atoms with van der Waals surface area (Å²) >= 11 is 0. The van der Waals surface area contributed by atoms with E-state index in [0.717, 1.165) is 49.7 Å². The van der Waals surface area contributed by atoms with Crippen LogP contribution in [-0.4, -0.2) is 9.55 Å². The highest BCUT2D eigenvalue weighted by molar-refractivity contribution is 6.09. The van der Waals surface area contributed by atoms with Gasteiger partial charge >= 0.3 is 0 Å². The van der Waals surface area contributed by atoms with E-state index in [2.05, 4.69) is 64.2 Å². The average molecular weight is 447 g/mol. The van der Waals surface area contributed by atoms with Crippen molar-refractivity contribution in [3.05, 3.63) is 121 Å². The molecule has 6 rings (SSSR count). The zero-order valence-electron chi connectivity index (χ0n) is 18.7. The third-order valence-corrected chi connectivity index (χ3v) is 6.35. The quantitative estimate of drug-likeness (QED) is 0.287. The second-order valence-electron chi connectivity index (χ2n) is 8.30. The molecule has 162 valence electrons. The molecule has 0 fully saturated rings. The Balaban J connectivity index is 1.59. The van der Waals surface area contributed by atoms with E-state index < -0.39 is 0 Å². The molecule has 4 heteroatoms. The lowest BCUT2D eigenvalue weighted by molar-refractivity contribution is 1.18. The largest absolute Gasteiger partial charge is 0.309 e. The molecule has 4 aromatic carbocycles. The lowest BCUT2D eigenvalue weighted by atomic mass is 9.93. The van der Waals surface area contributed by atoms with E-state index >= 15 is 0 Å². The normalized spacial score (nSPS) is 10.8. The van der Waals surface area contributed by atoms with Gasteiger partial charge in [0.15, 0.2) is 0 Å². The predicted octanol–water partition coefficient (Wildman–Crippen LogP) is 7.26. The van der Waals surface area contributed by atoms with Gasteiger partial charge in [0, 0.05) is 28.2 Å². The van der Waals surface area contributed by atoms with Crippen molar-refractivity contribution in [1.29, 1.82) is 10.5 Å². The van der Waals surface area contributed by atoms with Gasteiger partial charge in [0.1, 0.15) is 11.8 Å². The van der Waals surface area contributed by atoms with Gasteiger partial charge in [-0.2, -0.15) is 10.5 Å². The lowest BCUT2D eigenvalue weighted by Gasteiger charge is -2.14. The van der Waals surface area contributed by atoms with Gasteiger partial charge in [-0.25, -0.2) is 4.98 Å². The first-order chi connectivity index (χ1) is 17.3. The lowest BCUT2D eigenvalue weighted by Crippen LogP contribution is -1.95. The molecule has 6 aromatic rings. The van der Waals surface area contributed by atoms with Gasteiger partial charge < -0.3 is 4.57 Å². The van der Waals surface area contributed by atoms with Crippen molar-refractivity contribution in [2.24, 2.45) is 0 Å². The average Bonchev–Trinajstić information content (AvgIpc) is 3.26. The Bertz CT molecular complexity index is 1830. The van der Waals surface area contributed by atoms with Gasteiger partial charge in [-0.15, -0.1) is 0 Å². The van der Waals surface area contributed by atoms with Crippen molar-refractivity contribution < 1.29 is 0 Å². The second kappa shape index (κ2) is 8.30. The SMILES string of the molecule is N#Cc1ccc2c(c1)c1ccccc1n2-c1cccc(-c2ccccc2-c2cccnc2C#N)c1. The Kier molecular flexibility index (Phi) is 4.84. The molecule has 35 heavy (non-hydrogen) atoms. The minimum Gasteiger partial charge on any atom is -0.309 e. The Morgan fingerprint density at radius 2 is 1.37 bits per heavy atom. The fourth-order valence-electron chi connectivity index (χ4n) is 4.81. The number of benzene rings is 4. The third-order valence-electron chi connectivity index (χ3n) is 6.35. The minimum absolute atomic E-state index is 0.409. The topological polar surface area (TPSA) is 65.4 Å². The van der Waals surface area contributed by atoms with E-state index in [1.807, 2.05) is 60.7 Å². The van der Waals surface area contributed by atoms with Gasteiger partial charge in [-0.05, 0) is 65.2 Å². The highest BCUT2D eigenvalue weighted by Gasteiger charge is 2.15. The molecule has 0 unspecified atom stereocenters. The summed E-state index contributed by atoms with van der Waals surface area (Å²) in [5, 5.41) is 21.2. The zero-order valence-corrected chi connectivity index (χ0v) is 18.7. The van der Waals surface area contributed by atoms with Crippen LogP contribution in [0.3, 0.4) is 0 Å². The summed E-state index contributed by atoms with van der Waals surface area (Å²) in [6.07, 6.45) is 1.64. The number of fused-ring (bicyclic) bond motifs is 3. The number of hydrogen-bond donors (Lipinski definition) is 0. The summed E-state index contributed by atoms with van der Waals surface area (Å²) in [5.41, 5.74) is 8.08. The van der Waals surface area contributed by atoms with E-state index in [9.17, 15) is 10.5 Å². The molecule has 0 bridgehead atoms. The Hall–Kier alpha value is -5.19. The van der Waals surface area contributed by atoms with Crippen LogP contribution in [0.4, 0.5) is 0 Å². The fourth-order valence-corrected chi connectivity index (χ4v) is 4.81. The first-order valence-corrected chi connectivity index (χ1v) is 11.3. The molecule has 0 spiro atoms. The van der Waals surface area contributed by atoms with Crippen molar-refractivity contribution in [3.63, 3.8) is 0 Å². The molecular weight excluding hydrogens is 428 g/mol. The van der Waals surface area contributed by atoms with E-state index in [-0.39, 0.29) is 0 Å². The summed E-state index contributed by atoms with van der Waals surface area (Å²) in [6.45, 7) is 0. The van der Waals surface area contributed by atoms with Crippen molar-refractivity contribution in [2.75, 3.05) is 0 Å². The number of nitrogens with zero attached hydrogens (tertiary/aromatic N) is 4. The number of para-hydroxylation sites is 1. The second-order valence-corrected chi connectivity index (χ2v) is 8.30. The first-order valence-electron chi connectivity index (χ1n) is 11.3. The van der Waals surface area contributed by atoms with Crippen LogP contribution in [0.25, 0.3) is 49.7 Å². The van der Waals surface area contributed by atoms with Gasteiger partial charge in [0.05, 0.1) is 22.7 Å². The highest BCUT2D eigenvalue weighted by Crippen LogP contribution is 2.36. The van der Waals surface area contributed by atoms with Crippen molar-refractivity contribution >= 4 is 21.8 Å². The molecule has 0 amide bonds. The Morgan fingerprint density at radius 1 is 0.600 bits per heavy atom. The van der Waals surface area contributed by atoms with Crippen LogP contribution in [0, 0.1) is 22.7 Å². The van der Waals surface area contributed by atoms with Crippen LogP contribution in [-0.2, 0) is 0 Å². The molecule has 0 atom stereocenters. The zero-order chi connectivity index (χ0) is 23.8. The van der Waals surface area contributed by atoms with Gasteiger partial charge in [-0.1, -0.05) is 54.6 Å². The maximum atomic E-state index is 9.61. The van der Waals surface area contributed by atoms with Crippen molar-refractivity contribution in [3.8, 4) is 40.1 Å². The molecule has 2 heterocycles. The molecule has 0 saturated heterocycles. The third kappa shape index (κ3) is 3.33. The molecule has 0 radical (unpaired) electrons. The fraction of sp³-hybridized carbons (Fsp3) is 0. The van der Waals surface area contributed by atoms with E-state index in [1.54, 1.807) is 6.20 Å². The molecule has 4 nitrogen and oxygen atoms in total. The number of pyridine rings is 1. The Morgan fingerprint density at radius 3 is 2.23 bits per heavy atom. The summed E-state index contributed by atoms with van der Waals surface area (Å²) < 4.78 is 2.24. The Labute approximate surface area is 202 Å². The smallest absolute Gasteiger partial charge is 0.148 e. The van der Waals surface area contributed by atoms with Crippen LogP contribution in [0.1, 0.15) is 11.3 Å².